The molecule has 0 spiro atoms. The molecule has 2 aromatic carbocycles. The number of fused-ring (bicyclic) bond motifs is 2. The Morgan fingerprint density at radius 1 is 1.10 bits per heavy atom. The molecule has 18 heteroatoms. The summed E-state index contributed by atoms with van der Waals surface area (Å²) < 4.78 is 37.1. The number of nitrogens with zero attached hydrogens (tertiary/aromatic N) is 5. The third-order valence-corrected chi connectivity index (χ3v) is 10.2. The monoisotopic (exact) mass is 739 g/mol. The van der Waals surface area contributed by atoms with E-state index in [9.17, 15) is 38.4 Å². The van der Waals surface area contributed by atoms with Gasteiger partial charge in [-0.1, -0.05) is 24.0 Å². The zero-order valence-electron chi connectivity index (χ0n) is 28.8. The Bertz CT molecular complexity index is 2010. The van der Waals surface area contributed by atoms with Crippen molar-refractivity contribution < 1.29 is 47.9 Å². The predicted octanol–water partition coefficient (Wildman–Crippen LogP) is -0.727. The quantitative estimate of drug-likeness (QED) is 0.112. The van der Waals surface area contributed by atoms with Crippen molar-refractivity contribution in [2.24, 2.45) is 7.05 Å². The maximum atomic E-state index is 13.1. The van der Waals surface area contributed by atoms with Crippen molar-refractivity contribution in [3.05, 3.63) is 64.8 Å². The van der Waals surface area contributed by atoms with Crippen LogP contribution in [-0.2, 0) is 33.0 Å². The zero-order valence-corrected chi connectivity index (χ0v) is 29.6. The lowest BCUT2D eigenvalue weighted by molar-refractivity contribution is -0.120. The van der Waals surface area contributed by atoms with Crippen molar-refractivity contribution in [2.75, 3.05) is 49.9 Å². The second kappa shape index (κ2) is 15.2. The van der Waals surface area contributed by atoms with Crippen LogP contribution in [0.15, 0.2) is 47.6 Å². The molecular formula is C34H41N7O10S. The van der Waals surface area contributed by atoms with Crippen LogP contribution in [0.2, 0.25) is 0 Å². The molecule has 1 fully saturated rings. The van der Waals surface area contributed by atoms with E-state index in [2.05, 4.69) is 27.5 Å². The average Bonchev–Trinajstić information content (AvgIpc) is 3.62. The first-order valence-electron chi connectivity index (χ1n) is 16.5. The molecule has 5 atom stereocenters. The molecule has 6 rings (SSSR count). The lowest BCUT2D eigenvalue weighted by Crippen LogP contribution is -2.56. The minimum Gasteiger partial charge on any atom is -0.491 e. The van der Waals surface area contributed by atoms with E-state index in [-0.39, 0.29) is 55.5 Å². The molecule has 5 unspecified atom stereocenters. The molecule has 2 amide bonds. The summed E-state index contributed by atoms with van der Waals surface area (Å²) >= 11 is 0. The number of nitrogens with one attached hydrogen (secondary N) is 2. The molecule has 0 saturated carbocycles. The first kappa shape index (κ1) is 37.2. The Labute approximate surface area is 300 Å². The molecule has 17 nitrogen and oxygen atoms in total. The largest absolute Gasteiger partial charge is 0.491 e. The van der Waals surface area contributed by atoms with E-state index < -0.39 is 46.8 Å². The molecule has 52 heavy (non-hydrogen) atoms. The van der Waals surface area contributed by atoms with Gasteiger partial charge in [-0.05, 0) is 50.2 Å². The number of aliphatic hydroxyl groups is 4. The van der Waals surface area contributed by atoms with E-state index in [4.69, 9.17) is 9.47 Å². The van der Waals surface area contributed by atoms with Crippen molar-refractivity contribution >= 4 is 33.2 Å². The van der Waals surface area contributed by atoms with Crippen molar-refractivity contribution in [2.45, 2.75) is 55.6 Å². The summed E-state index contributed by atoms with van der Waals surface area (Å²) in [5.74, 6) is 5.92. The van der Waals surface area contributed by atoms with Crippen LogP contribution < -0.4 is 20.3 Å². The summed E-state index contributed by atoms with van der Waals surface area (Å²) in [5.41, 5.74) is 2.39. The number of anilines is 2. The Morgan fingerprint density at radius 2 is 1.87 bits per heavy atom. The molecule has 3 aliphatic rings. The number of sulfone groups is 1. The Morgan fingerprint density at radius 3 is 2.62 bits per heavy atom. The zero-order chi connectivity index (χ0) is 37.3. The molecule has 1 saturated heterocycles. The highest BCUT2D eigenvalue weighted by Crippen LogP contribution is 2.37. The summed E-state index contributed by atoms with van der Waals surface area (Å²) in [7, 11) is -0.734. The number of carbonyl (C=O) groups is 2. The normalized spacial score (nSPS) is 23.1. The van der Waals surface area contributed by atoms with Crippen LogP contribution in [0.5, 0.6) is 5.75 Å². The van der Waals surface area contributed by atoms with E-state index >= 15 is 0 Å². The van der Waals surface area contributed by atoms with Crippen molar-refractivity contribution in [1.29, 1.82) is 0 Å². The van der Waals surface area contributed by atoms with Crippen LogP contribution in [-0.4, -0.2) is 125 Å². The second-order valence-electron chi connectivity index (χ2n) is 12.8. The summed E-state index contributed by atoms with van der Waals surface area (Å²) in [6, 6.07) is 11.5. The van der Waals surface area contributed by atoms with Crippen LogP contribution in [0.25, 0.3) is 0 Å². The number of amides is 2. The molecular weight excluding hydrogens is 698 g/mol. The number of hydrogen-bond donors (Lipinski definition) is 6. The van der Waals surface area contributed by atoms with Crippen LogP contribution in [0, 0.1) is 11.8 Å². The minimum atomic E-state index is -3.71. The van der Waals surface area contributed by atoms with E-state index in [1.807, 2.05) is 0 Å². The van der Waals surface area contributed by atoms with Gasteiger partial charge in [-0.2, -0.15) is 0 Å². The number of aromatic nitrogens is 2. The van der Waals surface area contributed by atoms with Gasteiger partial charge in [0.15, 0.2) is 18.4 Å². The van der Waals surface area contributed by atoms with E-state index in [0.717, 1.165) is 6.26 Å². The van der Waals surface area contributed by atoms with E-state index in [1.165, 1.54) is 28.5 Å². The number of hydrogen-bond acceptors (Lipinski definition) is 14. The molecule has 3 aromatic rings. The molecule has 278 valence electrons. The molecule has 6 N–H and O–H groups in total. The lowest BCUT2D eigenvalue weighted by Gasteiger charge is -2.40. The first-order valence-corrected chi connectivity index (χ1v) is 18.4. The summed E-state index contributed by atoms with van der Waals surface area (Å²) in [5, 5.41) is 46.8. The Kier molecular flexibility index (Phi) is 10.9. The van der Waals surface area contributed by atoms with Crippen LogP contribution >= 0.6 is 0 Å². The molecule has 4 heterocycles. The fraction of sp³-hybridized carbons (Fsp3) is 0.441. The number of benzene rings is 2. The van der Waals surface area contributed by atoms with Gasteiger partial charge in [0.1, 0.15) is 37.1 Å². The molecule has 3 aliphatic heterocycles. The molecule has 0 aliphatic carbocycles. The van der Waals surface area contributed by atoms with Crippen molar-refractivity contribution in [3.8, 4) is 17.6 Å². The van der Waals surface area contributed by atoms with Gasteiger partial charge in [0.25, 0.3) is 5.91 Å². The van der Waals surface area contributed by atoms with Crippen molar-refractivity contribution in [3.63, 3.8) is 0 Å². The standard InChI is InChI=1S/C34H41N7O10S/c1-38-28-29(37-33(38)52(3,48)49)40(34(47)39(2)32(28)46)14-6-8-20-7-4-9-21(17-20)51-16-15-50-19-27(43)35-24-11-5-10-22-23(24)18-41(31(22)45)25-12-13-26(42)36-30(25)44/h4-5,7,9-11,17,25-26,30,32,34,36,42,44,46-47H,12-16,18-19H2,1-3H3,(H,35,43). The maximum Gasteiger partial charge on any atom is 0.254 e. The predicted molar refractivity (Wildman–Crippen MR) is 185 cm³/mol. The Hall–Kier alpha value is -4.58. The van der Waals surface area contributed by atoms with Gasteiger partial charge in [-0.25, -0.2) is 18.3 Å². The highest BCUT2D eigenvalue weighted by Gasteiger charge is 2.41. The van der Waals surface area contributed by atoms with Gasteiger partial charge in [0.05, 0.1) is 19.2 Å². The third kappa shape index (κ3) is 7.62. The third-order valence-electron chi connectivity index (χ3n) is 9.14. The summed E-state index contributed by atoms with van der Waals surface area (Å²) in [4.78, 5) is 34.2. The SMILES string of the molecule is CN1C(O)c2c(nc(S(C)(=O)=O)n2C)N(CC#Cc2cccc(OCCOCC(=O)Nc3cccc4c3CN(C3CCC(O)NC3O)C4=O)c2)C1O. The lowest BCUT2D eigenvalue weighted by atomic mass is 10.0. The van der Waals surface area contributed by atoms with Gasteiger partial charge in [0, 0.05) is 42.2 Å². The molecule has 1 aromatic heterocycles. The summed E-state index contributed by atoms with van der Waals surface area (Å²) in [6.45, 7) is 0.174. The average molecular weight is 740 g/mol. The maximum absolute atomic E-state index is 13.1. The fourth-order valence-electron chi connectivity index (χ4n) is 6.52. The van der Waals surface area contributed by atoms with Gasteiger partial charge >= 0.3 is 0 Å². The number of rotatable bonds is 10. The highest BCUT2D eigenvalue weighted by molar-refractivity contribution is 7.90. The topological polar surface area (TPSA) is 219 Å². The van der Waals surface area contributed by atoms with Crippen LogP contribution in [0.3, 0.4) is 0 Å². The number of piperidine rings is 1. The van der Waals surface area contributed by atoms with Crippen LogP contribution in [0.1, 0.15) is 46.2 Å². The number of imidazole rings is 1. The second-order valence-corrected chi connectivity index (χ2v) is 14.7. The minimum absolute atomic E-state index is 0.0289. The summed E-state index contributed by atoms with van der Waals surface area (Å²) in [6.07, 6.45) is -2.64. The number of aliphatic hydroxyl groups excluding tert-OH is 4. The van der Waals surface area contributed by atoms with Gasteiger partial charge in [0.2, 0.25) is 20.9 Å². The van der Waals surface area contributed by atoms with Gasteiger partial charge < -0.3 is 49.6 Å². The number of ether oxygens (including phenoxy) is 2. The van der Waals surface area contributed by atoms with E-state index in [1.54, 1.807) is 47.4 Å². The van der Waals surface area contributed by atoms with Crippen molar-refractivity contribution in [1.82, 2.24) is 24.7 Å². The highest BCUT2D eigenvalue weighted by atomic mass is 32.2. The number of carbonyl (C=O) groups excluding carboxylic acids is 2. The Balaban J connectivity index is 0.988. The smallest absolute Gasteiger partial charge is 0.254 e. The van der Waals surface area contributed by atoms with Gasteiger partial charge in [-0.15, -0.1) is 0 Å². The van der Waals surface area contributed by atoms with Crippen LogP contribution in [0.4, 0.5) is 11.5 Å². The fourth-order valence-corrected chi connectivity index (χ4v) is 7.36. The van der Waals surface area contributed by atoms with Gasteiger partial charge in [-0.3, -0.25) is 14.9 Å². The van der Waals surface area contributed by atoms with E-state index in [0.29, 0.717) is 41.0 Å². The molecule has 0 bridgehead atoms. The first-order chi connectivity index (χ1) is 24.7. The molecule has 0 radical (unpaired) electrons.